The number of carbonyl (C=O) groups is 1. The second-order valence-electron chi connectivity index (χ2n) is 4.33. The molecule has 1 N–H and O–H groups in total. The Morgan fingerprint density at radius 3 is 2.86 bits per heavy atom. The molecule has 22 heavy (non-hydrogen) atoms. The molecule has 0 spiro atoms. The lowest BCUT2D eigenvalue weighted by atomic mass is 10.3. The first-order chi connectivity index (χ1) is 10.7. The number of hydrogen-bond acceptors (Lipinski definition) is 4. The maximum Gasteiger partial charge on any atom is 0.264 e. The molecule has 4 nitrogen and oxygen atoms in total. The van der Waals surface area contributed by atoms with Gasteiger partial charge in [0.15, 0.2) is 5.17 Å². The van der Waals surface area contributed by atoms with Crippen molar-refractivity contribution in [1.29, 1.82) is 0 Å². The highest BCUT2D eigenvalue weighted by Crippen LogP contribution is 2.29. The van der Waals surface area contributed by atoms with Crippen molar-refractivity contribution in [3.8, 4) is 0 Å². The van der Waals surface area contributed by atoms with Gasteiger partial charge < -0.3 is 9.73 Å². The molecule has 1 amide bonds. The van der Waals surface area contributed by atoms with Gasteiger partial charge in [0.25, 0.3) is 5.91 Å². The van der Waals surface area contributed by atoms with Gasteiger partial charge in [-0.05, 0) is 64.1 Å². The Kier molecular flexibility index (Phi) is 4.60. The number of rotatable bonds is 3. The van der Waals surface area contributed by atoms with Crippen molar-refractivity contribution >= 4 is 50.5 Å². The number of nitrogens with zero attached hydrogens (tertiary/aromatic N) is 1. The standard InChI is InChI=1S/C16H11BrN2O2S/c17-12-7-1-2-8-13(12)18-16-19-15(20)14(22-16)9-3-5-11-6-4-10-21-11/h1-10H,(H,18,19,20)/b5-3+,14-9+. The number of amidine groups is 1. The van der Waals surface area contributed by atoms with E-state index in [-0.39, 0.29) is 5.91 Å². The fraction of sp³-hybridized carbons (Fsp3) is 0. The Morgan fingerprint density at radius 1 is 1.23 bits per heavy atom. The molecular formula is C16H11BrN2O2S. The van der Waals surface area contributed by atoms with Crippen molar-refractivity contribution in [1.82, 2.24) is 5.32 Å². The van der Waals surface area contributed by atoms with E-state index in [2.05, 4.69) is 26.2 Å². The number of thioether (sulfide) groups is 1. The average molecular weight is 375 g/mol. The molecule has 110 valence electrons. The zero-order valence-corrected chi connectivity index (χ0v) is 13.7. The molecule has 1 aliphatic heterocycles. The summed E-state index contributed by atoms with van der Waals surface area (Å²) in [7, 11) is 0. The smallest absolute Gasteiger partial charge is 0.264 e. The second-order valence-corrected chi connectivity index (χ2v) is 6.21. The Bertz CT molecular complexity index is 779. The molecule has 1 aromatic carbocycles. The zero-order chi connectivity index (χ0) is 15.4. The number of halogens is 1. The van der Waals surface area contributed by atoms with Gasteiger partial charge >= 0.3 is 0 Å². The van der Waals surface area contributed by atoms with Crippen LogP contribution in [0.3, 0.4) is 0 Å². The monoisotopic (exact) mass is 374 g/mol. The van der Waals surface area contributed by atoms with Gasteiger partial charge in [-0.3, -0.25) is 4.79 Å². The number of amides is 1. The molecule has 3 rings (SSSR count). The molecule has 1 saturated heterocycles. The summed E-state index contributed by atoms with van der Waals surface area (Å²) in [6, 6.07) is 11.3. The Labute approximate surface area is 140 Å². The lowest BCUT2D eigenvalue weighted by Crippen LogP contribution is -2.19. The molecule has 0 unspecified atom stereocenters. The quantitative estimate of drug-likeness (QED) is 0.805. The van der Waals surface area contributed by atoms with E-state index in [4.69, 9.17) is 4.42 Å². The summed E-state index contributed by atoms with van der Waals surface area (Å²) in [5.41, 5.74) is 0.776. The molecule has 6 heteroatoms. The normalized spacial score (nSPS) is 18.5. The van der Waals surface area contributed by atoms with Crippen LogP contribution in [0, 0.1) is 0 Å². The number of furan rings is 1. The molecule has 0 bridgehead atoms. The maximum absolute atomic E-state index is 11.9. The van der Waals surface area contributed by atoms with Crippen molar-refractivity contribution in [2.75, 3.05) is 0 Å². The molecule has 1 fully saturated rings. The predicted octanol–water partition coefficient (Wildman–Crippen LogP) is 4.49. The van der Waals surface area contributed by atoms with Crippen molar-refractivity contribution < 1.29 is 9.21 Å². The van der Waals surface area contributed by atoms with E-state index < -0.39 is 0 Å². The summed E-state index contributed by atoms with van der Waals surface area (Å²) in [5, 5.41) is 3.32. The van der Waals surface area contributed by atoms with Crippen LogP contribution in [0.2, 0.25) is 0 Å². The zero-order valence-electron chi connectivity index (χ0n) is 11.3. The lowest BCUT2D eigenvalue weighted by Gasteiger charge is -1.98. The predicted molar refractivity (Wildman–Crippen MR) is 92.8 cm³/mol. The minimum absolute atomic E-state index is 0.153. The van der Waals surface area contributed by atoms with E-state index in [1.165, 1.54) is 11.8 Å². The van der Waals surface area contributed by atoms with Crippen LogP contribution in [0.25, 0.3) is 6.08 Å². The molecule has 2 aromatic rings. The van der Waals surface area contributed by atoms with Crippen LogP contribution in [-0.4, -0.2) is 11.1 Å². The number of para-hydroxylation sites is 1. The van der Waals surface area contributed by atoms with E-state index in [1.807, 2.05) is 36.4 Å². The minimum Gasteiger partial charge on any atom is -0.465 e. The van der Waals surface area contributed by atoms with Gasteiger partial charge in [0.05, 0.1) is 16.9 Å². The fourth-order valence-electron chi connectivity index (χ4n) is 1.76. The number of hydrogen-bond donors (Lipinski definition) is 1. The van der Waals surface area contributed by atoms with Crippen LogP contribution >= 0.6 is 27.7 Å². The van der Waals surface area contributed by atoms with Crippen LogP contribution in [0.1, 0.15) is 5.76 Å². The van der Waals surface area contributed by atoms with E-state index in [0.29, 0.717) is 10.1 Å². The number of nitrogens with one attached hydrogen (secondary N) is 1. The van der Waals surface area contributed by atoms with Crippen LogP contribution in [0.15, 0.2) is 73.6 Å². The van der Waals surface area contributed by atoms with Gasteiger partial charge in [-0.25, -0.2) is 4.99 Å². The van der Waals surface area contributed by atoms with Crippen LogP contribution in [-0.2, 0) is 4.79 Å². The maximum atomic E-state index is 11.9. The topological polar surface area (TPSA) is 54.6 Å². The molecule has 0 aliphatic carbocycles. The Hall–Kier alpha value is -2.05. The molecule has 0 saturated carbocycles. The van der Waals surface area contributed by atoms with Gasteiger partial charge in [0, 0.05) is 4.47 Å². The molecule has 0 radical (unpaired) electrons. The first-order valence-electron chi connectivity index (χ1n) is 6.47. The summed E-state index contributed by atoms with van der Waals surface area (Å²) >= 11 is 4.74. The number of aliphatic imine (C=N–C) groups is 1. The number of carbonyl (C=O) groups excluding carboxylic acids is 1. The van der Waals surface area contributed by atoms with E-state index in [1.54, 1.807) is 24.5 Å². The molecule has 0 atom stereocenters. The van der Waals surface area contributed by atoms with Crippen LogP contribution in [0.5, 0.6) is 0 Å². The molecule has 2 heterocycles. The van der Waals surface area contributed by atoms with Gasteiger partial charge in [0.1, 0.15) is 5.76 Å². The van der Waals surface area contributed by atoms with Crippen LogP contribution in [0.4, 0.5) is 5.69 Å². The summed E-state index contributed by atoms with van der Waals surface area (Å²) in [6.45, 7) is 0. The first-order valence-corrected chi connectivity index (χ1v) is 8.07. The summed E-state index contributed by atoms with van der Waals surface area (Å²) in [6.07, 6.45) is 6.92. The number of benzene rings is 1. The second kappa shape index (κ2) is 6.81. The van der Waals surface area contributed by atoms with Crippen molar-refractivity contribution in [3.63, 3.8) is 0 Å². The lowest BCUT2D eigenvalue weighted by molar-refractivity contribution is -0.115. The van der Waals surface area contributed by atoms with Gasteiger partial charge in [-0.1, -0.05) is 18.2 Å². The highest BCUT2D eigenvalue weighted by Gasteiger charge is 2.23. The average Bonchev–Trinajstić information content (AvgIpc) is 3.12. The molecule has 1 aromatic heterocycles. The van der Waals surface area contributed by atoms with Crippen molar-refractivity contribution in [3.05, 3.63) is 70.0 Å². The first kappa shape index (κ1) is 14.9. The summed E-state index contributed by atoms with van der Waals surface area (Å²) in [5.74, 6) is 0.585. The van der Waals surface area contributed by atoms with Crippen molar-refractivity contribution in [2.45, 2.75) is 0 Å². The Balaban J connectivity index is 1.74. The Morgan fingerprint density at radius 2 is 2.09 bits per heavy atom. The number of allylic oxidation sites excluding steroid dienone is 2. The van der Waals surface area contributed by atoms with Gasteiger partial charge in [0.2, 0.25) is 0 Å². The molecular weight excluding hydrogens is 364 g/mol. The highest BCUT2D eigenvalue weighted by molar-refractivity contribution is 9.10. The van der Waals surface area contributed by atoms with E-state index in [0.717, 1.165) is 15.9 Å². The van der Waals surface area contributed by atoms with E-state index in [9.17, 15) is 4.79 Å². The fourth-order valence-corrected chi connectivity index (χ4v) is 2.92. The molecule has 1 aliphatic rings. The summed E-state index contributed by atoms with van der Waals surface area (Å²) in [4.78, 5) is 16.9. The third-order valence-electron chi connectivity index (χ3n) is 2.78. The third kappa shape index (κ3) is 3.58. The SMILES string of the molecule is O=C1NC(=Nc2ccccc2Br)S/C1=C/C=C/c1ccco1. The van der Waals surface area contributed by atoms with Crippen LogP contribution < -0.4 is 5.32 Å². The summed E-state index contributed by atoms with van der Waals surface area (Å²) < 4.78 is 6.07. The van der Waals surface area contributed by atoms with Gasteiger partial charge in [-0.2, -0.15) is 0 Å². The van der Waals surface area contributed by atoms with Crippen molar-refractivity contribution in [2.24, 2.45) is 4.99 Å². The highest BCUT2D eigenvalue weighted by atomic mass is 79.9. The largest absolute Gasteiger partial charge is 0.465 e. The minimum atomic E-state index is -0.153. The third-order valence-corrected chi connectivity index (χ3v) is 4.38. The van der Waals surface area contributed by atoms with Gasteiger partial charge in [-0.15, -0.1) is 0 Å². The van der Waals surface area contributed by atoms with E-state index >= 15 is 0 Å².